The highest BCUT2D eigenvalue weighted by Gasteiger charge is 2.18. The van der Waals surface area contributed by atoms with E-state index in [0.29, 0.717) is 5.82 Å². The predicted octanol–water partition coefficient (Wildman–Crippen LogP) is 1.59. The summed E-state index contributed by atoms with van der Waals surface area (Å²) >= 11 is 0. The number of amides is 1. The SMILES string of the molecule is COc1ccc(C(=O)Nc2ccn(C)n2)cc1[N+](=O)[O-]. The van der Waals surface area contributed by atoms with Gasteiger partial charge in [-0.3, -0.25) is 19.6 Å². The van der Waals surface area contributed by atoms with Crippen molar-refractivity contribution in [2.24, 2.45) is 7.05 Å². The third-order valence-electron chi connectivity index (χ3n) is 2.59. The predicted molar refractivity (Wildman–Crippen MR) is 70.8 cm³/mol. The summed E-state index contributed by atoms with van der Waals surface area (Å²) in [5.41, 5.74) is -0.107. The van der Waals surface area contributed by atoms with E-state index in [1.54, 1.807) is 19.3 Å². The van der Waals surface area contributed by atoms with Gasteiger partial charge in [0.2, 0.25) is 0 Å². The van der Waals surface area contributed by atoms with Crippen LogP contribution >= 0.6 is 0 Å². The van der Waals surface area contributed by atoms with Crippen LogP contribution in [-0.2, 0) is 7.05 Å². The summed E-state index contributed by atoms with van der Waals surface area (Å²) in [6, 6.07) is 5.61. The van der Waals surface area contributed by atoms with Crippen molar-refractivity contribution in [1.82, 2.24) is 9.78 Å². The zero-order chi connectivity index (χ0) is 14.7. The molecular weight excluding hydrogens is 264 g/mol. The molecule has 0 radical (unpaired) electrons. The molecule has 1 aromatic carbocycles. The molecule has 0 bridgehead atoms. The number of hydrogen-bond acceptors (Lipinski definition) is 5. The van der Waals surface area contributed by atoms with Gasteiger partial charge in [-0.25, -0.2) is 0 Å². The van der Waals surface area contributed by atoms with Gasteiger partial charge in [0, 0.05) is 30.9 Å². The third-order valence-corrected chi connectivity index (χ3v) is 2.59. The van der Waals surface area contributed by atoms with Crippen LogP contribution in [0.3, 0.4) is 0 Å². The van der Waals surface area contributed by atoms with Gasteiger partial charge < -0.3 is 10.1 Å². The van der Waals surface area contributed by atoms with Crippen LogP contribution in [0.15, 0.2) is 30.5 Å². The van der Waals surface area contributed by atoms with Crippen molar-refractivity contribution < 1.29 is 14.5 Å². The number of methoxy groups -OCH3 is 1. The van der Waals surface area contributed by atoms with Gasteiger partial charge in [0.15, 0.2) is 11.6 Å². The summed E-state index contributed by atoms with van der Waals surface area (Å²) in [6.07, 6.45) is 1.67. The molecule has 0 aliphatic rings. The van der Waals surface area contributed by atoms with E-state index in [4.69, 9.17) is 4.74 Å². The lowest BCUT2D eigenvalue weighted by atomic mass is 10.1. The van der Waals surface area contributed by atoms with Crippen molar-refractivity contribution in [2.45, 2.75) is 0 Å². The number of rotatable bonds is 4. The minimum Gasteiger partial charge on any atom is -0.490 e. The third kappa shape index (κ3) is 2.74. The Kier molecular flexibility index (Phi) is 3.65. The highest BCUT2D eigenvalue weighted by Crippen LogP contribution is 2.27. The molecule has 8 heteroatoms. The molecule has 1 amide bonds. The maximum atomic E-state index is 12.0. The minimum atomic E-state index is -0.601. The molecule has 0 aliphatic carbocycles. The fourth-order valence-corrected chi connectivity index (χ4v) is 1.64. The van der Waals surface area contributed by atoms with E-state index in [9.17, 15) is 14.9 Å². The lowest BCUT2D eigenvalue weighted by molar-refractivity contribution is -0.385. The average molecular weight is 276 g/mol. The first-order valence-corrected chi connectivity index (χ1v) is 5.64. The lowest BCUT2D eigenvalue weighted by Gasteiger charge is -2.05. The number of carbonyl (C=O) groups excluding carboxylic acids is 1. The Bertz CT molecular complexity index is 665. The smallest absolute Gasteiger partial charge is 0.311 e. The van der Waals surface area contributed by atoms with Gasteiger partial charge in [-0.2, -0.15) is 5.10 Å². The standard InChI is InChI=1S/C12H12N4O4/c1-15-6-5-11(14-15)13-12(17)8-3-4-10(20-2)9(7-8)16(18)19/h3-7H,1-2H3,(H,13,14,17). The van der Waals surface area contributed by atoms with Gasteiger partial charge in [0.05, 0.1) is 12.0 Å². The molecule has 8 nitrogen and oxygen atoms in total. The fraction of sp³-hybridized carbons (Fsp3) is 0.167. The van der Waals surface area contributed by atoms with Crippen molar-refractivity contribution >= 4 is 17.4 Å². The Morgan fingerprint density at radius 2 is 2.20 bits per heavy atom. The Morgan fingerprint density at radius 3 is 2.75 bits per heavy atom. The summed E-state index contributed by atoms with van der Waals surface area (Å²) in [4.78, 5) is 22.3. The van der Waals surface area contributed by atoms with Crippen molar-refractivity contribution in [3.05, 3.63) is 46.1 Å². The van der Waals surface area contributed by atoms with Crippen LogP contribution in [-0.4, -0.2) is 27.7 Å². The number of nitro benzene ring substituents is 1. The number of anilines is 1. The monoisotopic (exact) mass is 276 g/mol. The van der Waals surface area contributed by atoms with Gasteiger partial charge in [-0.15, -0.1) is 0 Å². The van der Waals surface area contributed by atoms with Gasteiger partial charge >= 0.3 is 5.69 Å². The maximum Gasteiger partial charge on any atom is 0.311 e. The first kappa shape index (κ1) is 13.5. The van der Waals surface area contributed by atoms with E-state index in [1.807, 2.05) is 0 Å². The van der Waals surface area contributed by atoms with Gasteiger partial charge in [0.1, 0.15) is 0 Å². The molecule has 0 fully saturated rings. The Hall–Kier alpha value is -2.90. The molecule has 0 atom stereocenters. The number of ether oxygens (including phenoxy) is 1. The van der Waals surface area contributed by atoms with Crippen LogP contribution in [0.25, 0.3) is 0 Å². The summed E-state index contributed by atoms with van der Waals surface area (Å²) in [5, 5.41) is 17.4. The second-order valence-electron chi connectivity index (χ2n) is 3.97. The molecule has 20 heavy (non-hydrogen) atoms. The van der Waals surface area contributed by atoms with Gasteiger partial charge in [-0.05, 0) is 12.1 Å². The highest BCUT2D eigenvalue weighted by molar-refractivity contribution is 6.04. The first-order chi connectivity index (χ1) is 9.51. The molecule has 1 N–H and O–H groups in total. The van der Waals surface area contributed by atoms with Crippen molar-refractivity contribution in [1.29, 1.82) is 0 Å². The highest BCUT2D eigenvalue weighted by atomic mass is 16.6. The van der Waals surface area contributed by atoms with E-state index < -0.39 is 10.8 Å². The second kappa shape index (κ2) is 5.39. The van der Waals surface area contributed by atoms with E-state index >= 15 is 0 Å². The number of nitrogens with one attached hydrogen (secondary N) is 1. The molecule has 0 spiro atoms. The lowest BCUT2D eigenvalue weighted by Crippen LogP contribution is -2.13. The Morgan fingerprint density at radius 1 is 1.45 bits per heavy atom. The number of aryl methyl sites for hydroxylation is 1. The number of aromatic nitrogens is 2. The van der Waals surface area contributed by atoms with Crippen LogP contribution in [0.5, 0.6) is 5.75 Å². The molecule has 1 heterocycles. The van der Waals surface area contributed by atoms with Crippen LogP contribution in [0.4, 0.5) is 11.5 Å². The number of nitro groups is 1. The average Bonchev–Trinajstić information content (AvgIpc) is 2.83. The quantitative estimate of drug-likeness (QED) is 0.675. The summed E-state index contributed by atoms with van der Waals surface area (Å²) in [7, 11) is 3.05. The summed E-state index contributed by atoms with van der Waals surface area (Å²) in [6.45, 7) is 0. The molecular formula is C12H12N4O4. The normalized spacial score (nSPS) is 10.1. The number of hydrogen-bond donors (Lipinski definition) is 1. The largest absolute Gasteiger partial charge is 0.490 e. The van der Waals surface area contributed by atoms with Crippen LogP contribution in [0, 0.1) is 10.1 Å². The summed E-state index contributed by atoms with van der Waals surface area (Å²) in [5.74, 6) is -0.00481. The van der Waals surface area contributed by atoms with Crippen molar-refractivity contribution in [3.8, 4) is 5.75 Å². The maximum absolute atomic E-state index is 12.0. The molecule has 1 aromatic heterocycles. The molecule has 104 valence electrons. The van der Waals surface area contributed by atoms with E-state index in [2.05, 4.69) is 10.4 Å². The Balaban J connectivity index is 2.26. The van der Waals surface area contributed by atoms with Crippen molar-refractivity contribution in [2.75, 3.05) is 12.4 Å². The topological polar surface area (TPSA) is 99.3 Å². The zero-order valence-corrected chi connectivity index (χ0v) is 10.9. The van der Waals surface area contributed by atoms with Gasteiger partial charge in [0.25, 0.3) is 5.91 Å². The Labute approximate surface area is 114 Å². The van der Waals surface area contributed by atoms with E-state index in [-0.39, 0.29) is 17.0 Å². The number of carbonyl (C=O) groups is 1. The summed E-state index contributed by atoms with van der Waals surface area (Å²) < 4.78 is 6.41. The molecule has 0 unspecified atom stereocenters. The number of nitrogens with zero attached hydrogens (tertiary/aromatic N) is 3. The van der Waals surface area contributed by atoms with Crippen molar-refractivity contribution in [3.63, 3.8) is 0 Å². The van der Waals surface area contributed by atoms with Crippen LogP contribution in [0.2, 0.25) is 0 Å². The fourth-order valence-electron chi connectivity index (χ4n) is 1.64. The van der Waals surface area contributed by atoms with E-state index in [1.165, 1.54) is 23.9 Å². The van der Waals surface area contributed by atoms with Gasteiger partial charge in [-0.1, -0.05) is 0 Å². The van der Waals surface area contributed by atoms with E-state index in [0.717, 1.165) is 6.07 Å². The van der Waals surface area contributed by atoms with Crippen LogP contribution in [0.1, 0.15) is 10.4 Å². The number of benzene rings is 1. The zero-order valence-electron chi connectivity index (χ0n) is 10.9. The molecule has 0 saturated carbocycles. The first-order valence-electron chi connectivity index (χ1n) is 5.64. The second-order valence-corrected chi connectivity index (χ2v) is 3.97. The molecule has 0 saturated heterocycles. The molecule has 2 rings (SSSR count). The minimum absolute atomic E-state index is 0.101. The van der Waals surface area contributed by atoms with Crippen LogP contribution < -0.4 is 10.1 Å². The molecule has 0 aliphatic heterocycles. The molecule has 2 aromatic rings.